The number of thioether (sulfide) groups is 1. The molecule has 0 spiro atoms. The number of rotatable bonds is 12. The van der Waals surface area contributed by atoms with Crippen LogP contribution >= 0.6 is 11.8 Å². The minimum absolute atomic E-state index is 0.129. The molecule has 0 aromatic heterocycles. The number of aliphatic hydroxyl groups is 1. The number of carbonyl (C=O) groups excluding carboxylic acids is 1. The normalized spacial score (nSPS) is 16.9. The molecule has 0 saturated carbocycles. The van der Waals surface area contributed by atoms with Gasteiger partial charge in [0.1, 0.15) is 5.37 Å². The maximum absolute atomic E-state index is 13.5. The Morgan fingerprint density at radius 2 is 1.59 bits per heavy atom. The van der Waals surface area contributed by atoms with Crippen molar-refractivity contribution in [3.8, 4) is 11.1 Å². The van der Waals surface area contributed by atoms with Gasteiger partial charge in [-0.15, -0.1) is 11.8 Å². The van der Waals surface area contributed by atoms with Crippen LogP contribution in [0, 0.1) is 0 Å². The molecule has 3 aromatic carbocycles. The predicted octanol–water partition coefficient (Wildman–Crippen LogP) is 3.64. The Hall–Kier alpha value is -2.69. The molecule has 2 atom stereocenters. The Morgan fingerprint density at radius 3 is 2.27 bits per heavy atom. The van der Waals surface area contributed by atoms with Crippen molar-refractivity contribution >= 4 is 27.7 Å². The van der Waals surface area contributed by atoms with Crippen molar-refractivity contribution in [3.05, 3.63) is 90.5 Å². The highest BCUT2D eigenvalue weighted by atomic mass is 32.2. The molecule has 1 aliphatic heterocycles. The van der Waals surface area contributed by atoms with Crippen molar-refractivity contribution in [1.29, 1.82) is 0 Å². The molecule has 2 unspecified atom stereocenters. The van der Waals surface area contributed by atoms with Crippen molar-refractivity contribution < 1.29 is 18.3 Å². The molecule has 7 nitrogen and oxygen atoms in total. The third-order valence-electron chi connectivity index (χ3n) is 6.28. The maximum atomic E-state index is 13.5. The lowest BCUT2D eigenvalue weighted by Gasteiger charge is -2.26. The summed E-state index contributed by atoms with van der Waals surface area (Å²) in [5, 5.41) is 14.5. The molecule has 1 heterocycles. The summed E-state index contributed by atoms with van der Waals surface area (Å²) in [5.41, 5.74) is 2.91. The lowest BCUT2D eigenvalue weighted by molar-refractivity contribution is -0.122. The summed E-state index contributed by atoms with van der Waals surface area (Å²) in [7, 11) is -3.84. The molecule has 37 heavy (non-hydrogen) atoms. The highest BCUT2D eigenvalue weighted by molar-refractivity contribution is 8.02. The third kappa shape index (κ3) is 7.00. The van der Waals surface area contributed by atoms with E-state index in [9.17, 15) is 13.2 Å². The maximum Gasteiger partial charge on any atom is 0.249 e. The van der Waals surface area contributed by atoms with Crippen molar-refractivity contribution in [2.75, 3.05) is 32.0 Å². The average Bonchev–Trinajstić information content (AvgIpc) is 3.45. The van der Waals surface area contributed by atoms with Crippen LogP contribution in [0.15, 0.2) is 89.8 Å². The summed E-state index contributed by atoms with van der Waals surface area (Å²) >= 11 is 1.34. The number of aliphatic hydroxyl groups excluding tert-OH is 1. The SMILES string of the molecule is O=C(NC(CCNCCCO)c1ccccc1)C1SCCN1S(=O)(=O)c1ccc(-c2ccccc2)cc1. The first-order valence-electron chi connectivity index (χ1n) is 12.5. The van der Waals surface area contributed by atoms with Crippen LogP contribution in [0.2, 0.25) is 0 Å². The molecule has 3 N–H and O–H groups in total. The molecule has 1 amide bonds. The van der Waals surface area contributed by atoms with Gasteiger partial charge in [0.05, 0.1) is 10.9 Å². The van der Waals surface area contributed by atoms with Crippen molar-refractivity contribution in [2.24, 2.45) is 0 Å². The van der Waals surface area contributed by atoms with Crippen LogP contribution in [0.3, 0.4) is 0 Å². The zero-order valence-corrected chi connectivity index (χ0v) is 22.3. The average molecular weight is 540 g/mol. The number of benzene rings is 3. The smallest absolute Gasteiger partial charge is 0.249 e. The van der Waals surface area contributed by atoms with E-state index in [4.69, 9.17) is 5.11 Å². The molecule has 1 aliphatic rings. The Bertz CT molecular complexity index is 1240. The van der Waals surface area contributed by atoms with Gasteiger partial charge in [0.2, 0.25) is 15.9 Å². The van der Waals surface area contributed by atoms with Crippen LogP contribution in [0.25, 0.3) is 11.1 Å². The van der Waals surface area contributed by atoms with Crippen LogP contribution < -0.4 is 10.6 Å². The van der Waals surface area contributed by atoms with E-state index in [1.165, 1.54) is 16.1 Å². The van der Waals surface area contributed by atoms with Crippen LogP contribution in [0.4, 0.5) is 0 Å². The van der Waals surface area contributed by atoms with Gasteiger partial charge in [-0.3, -0.25) is 4.79 Å². The van der Waals surface area contributed by atoms with Gasteiger partial charge < -0.3 is 15.7 Å². The first-order chi connectivity index (χ1) is 18.0. The molecule has 0 radical (unpaired) electrons. The first-order valence-corrected chi connectivity index (χ1v) is 15.0. The van der Waals surface area contributed by atoms with Gasteiger partial charge in [-0.05, 0) is 54.8 Å². The minimum atomic E-state index is -3.84. The number of hydrogen-bond donors (Lipinski definition) is 3. The number of sulfonamides is 1. The second kappa shape index (κ2) is 13.2. The first kappa shape index (κ1) is 27.3. The van der Waals surface area contributed by atoms with Gasteiger partial charge in [-0.1, -0.05) is 72.8 Å². The van der Waals surface area contributed by atoms with E-state index in [0.29, 0.717) is 31.7 Å². The highest BCUT2D eigenvalue weighted by Crippen LogP contribution is 2.32. The molecule has 0 bridgehead atoms. The third-order valence-corrected chi connectivity index (χ3v) is 9.50. The van der Waals surface area contributed by atoms with Gasteiger partial charge in [0.15, 0.2) is 0 Å². The molecular formula is C28H33N3O4S2. The summed E-state index contributed by atoms with van der Waals surface area (Å²) in [6.45, 7) is 1.77. The van der Waals surface area contributed by atoms with Crippen LogP contribution in [-0.4, -0.2) is 61.1 Å². The van der Waals surface area contributed by atoms with E-state index in [-0.39, 0.29) is 30.0 Å². The summed E-state index contributed by atoms with van der Waals surface area (Å²) in [5.74, 6) is 0.245. The van der Waals surface area contributed by atoms with Gasteiger partial charge >= 0.3 is 0 Å². The number of nitrogens with zero attached hydrogens (tertiary/aromatic N) is 1. The van der Waals surface area contributed by atoms with Crippen LogP contribution in [0.5, 0.6) is 0 Å². The number of hydrogen-bond acceptors (Lipinski definition) is 6. The summed E-state index contributed by atoms with van der Waals surface area (Å²) in [6.07, 6.45) is 1.31. The molecule has 9 heteroatoms. The van der Waals surface area contributed by atoms with E-state index < -0.39 is 15.4 Å². The van der Waals surface area contributed by atoms with E-state index in [1.807, 2.05) is 60.7 Å². The Balaban J connectivity index is 1.47. The second-order valence-corrected chi connectivity index (χ2v) is 11.9. The molecule has 1 saturated heterocycles. The van der Waals surface area contributed by atoms with Crippen LogP contribution in [0.1, 0.15) is 24.4 Å². The zero-order chi connectivity index (χ0) is 26.1. The van der Waals surface area contributed by atoms with E-state index in [2.05, 4.69) is 10.6 Å². The van der Waals surface area contributed by atoms with Crippen molar-refractivity contribution in [2.45, 2.75) is 29.2 Å². The molecule has 196 valence electrons. The van der Waals surface area contributed by atoms with Gasteiger partial charge in [-0.25, -0.2) is 8.42 Å². The van der Waals surface area contributed by atoms with E-state index >= 15 is 0 Å². The fraction of sp³-hybridized carbons (Fsp3) is 0.321. The fourth-order valence-electron chi connectivity index (χ4n) is 4.32. The number of carbonyl (C=O) groups is 1. The number of nitrogens with one attached hydrogen (secondary N) is 2. The molecule has 1 fully saturated rings. The monoisotopic (exact) mass is 539 g/mol. The molecule has 4 rings (SSSR count). The largest absolute Gasteiger partial charge is 0.396 e. The van der Waals surface area contributed by atoms with E-state index in [1.54, 1.807) is 24.3 Å². The van der Waals surface area contributed by atoms with Gasteiger partial charge in [0, 0.05) is 18.9 Å². The van der Waals surface area contributed by atoms with Crippen LogP contribution in [-0.2, 0) is 14.8 Å². The summed E-state index contributed by atoms with van der Waals surface area (Å²) in [6, 6.07) is 26.0. The molecule has 0 aliphatic carbocycles. The second-order valence-electron chi connectivity index (χ2n) is 8.82. The van der Waals surface area contributed by atoms with Gasteiger partial charge in [0.25, 0.3) is 0 Å². The summed E-state index contributed by atoms with van der Waals surface area (Å²) < 4.78 is 28.4. The lowest BCUT2D eigenvalue weighted by Crippen LogP contribution is -2.46. The van der Waals surface area contributed by atoms with Crippen molar-refractivity contribution in [1.82, 2.24) is 14.9 Å². The molecular weight excluding hydrogens is 506 g/mol. The molecule has 3 aromatic rings. The Kier molecular flexibility index (Phi) is 9.76. The Morgan fingerprint density at radius 1 is 0.946 bits per heavy atom. The van der Waals surface area contributed by atoms with Crippen molar-refractivity contribution in [3.63, 3.8) is 0 Å². The topological polar surface area (TPSA) is 98.7 Å². The van der Waals surface area contributed by atoms with Gasteiger partial charge in [-0.2, -0.15) is 4.31 Å². The predicted molar refractivity (Wildman–Crippen MR) is 149 cm³/mol. The minimum Gasteiger partial charge on any atom is -0.396 e. The Labute approximate surface area is 223 Å². The lowest BCUT2D eigenvalue weighted by atomic mass is 10.0. The quantitative estimate of drug-likeness (QED) is 0.304. The van der Waals surface area contributed by atoms with E-state index in [0.717, 1.165) is 16.7 Å². The highest BCUT2D eigenvalue weighted by Gasteiger charge is 2.40. The summed E-state index contributed by atoms with van der Waals surface area (Å²) in [4.78, 5) is 13.6. The standard InChI is InChI=1S/C28H33N3O4S2/c32-20-7-17-29-18-16-26(24-10-5-2-6-11-24)30-27(33)28-31(19-21-36-28)37(34,35)25-14-12-23(13-15-25)22-8-3-1-4-9-22/h1-6,8-15,26,28-29,32H,7,16-21H2,(H,30,33). The fourth-order valence-corrected chi connectivity index (χ4v) is 7.40. The number of amides is 1. The zero-order valence-electron chi connectivity index (χ0n) is 20.6.